The van der Waals surface area contributed by atoms with Gasteiger partial charge in [0.05, 0.1) is 10.6 Å². The van der Waals surface area contributed by atoms with Crippen molar-refractivity contribution in [2.75, 3.05) is 6.54 Å². The summed E-state index contributed by atoms with van der Waals surface area (Å²) >= 11 is 5.90. The highest BCUT2D eigenvalue weighted by molar-refractivity contribution is 6.33. The zero-order valence-corrected chi connectivity index (χ0v) is 12.3. The number of carbonyl (C=O) groups excluding carboxylic acids is 3. The van der Waals surface area contributed by atoms with Gasteiger partial charge < -0.3 is 5.32 Å². The Labute approximate surface area is 127 Å². The van der Waals surface area contributed by atoms with E-state index < -0.39 is 17.2 Å². The first-order valence-corrected chi connectivity index (χ1v) is 6.96. The van der Waals surface area contributed by atoms with Gasteiger partial charge in [0, 0.05) is 6.54 Å². The first-order valence-electron chi connectivity index (χ1n) is 6.59. The minimum Gasteiger partial charge on any atom is -0.355 e. The molecule has 1 aromatic rings. The molecule has 1 fully saturated rings. The van der Waals surface area contributed by atoms with E-state index >= 15 is 0 Å². The Hall–Kier alpha value is -2.08. The van der Waals surface area contributed by atoms with Gasteiger partial charge in [-0.3, -0.25) is 25.2 Å². The topological polar surface area (TPSA) is 87.3 Å². The summed E-state index contributed by atoms with van der Waals surface area (Å²) in [6.07, 6.45) is 1.15. The molecule has 7 heteroatoms. The molecular weight excluding hydrogens is 294 g/mol. The van der Waals surface area contributed by atoms with E-state index in [1.54, 1.807) is 31.2 Å². The van der Waals surface area contributed by atoms with Gasteiger partial charge in [-0.25, -0.2) is 0 Å². The number of rotatable bonds is 2. The van der Waals surface area contributed by atoms with Gasteiger partial charge >= 0.3 is 0 Å². The van der Waals surface area contributed by atoms with Crippen LogP contribution in [0.5, 0.6) is 0 Å². The van der Waals surface area contributed by atoms with Gasteiger partial charge in [-0.05, 0) is 31.9 Å². The lowest BCUT2D eigenvalue weighted by atomic mass is 9.81. The van der Waals surface area contributed by atoms with Crippen molar-refractivity contribution in [1.29, 1.82) is 0 Å². The van der Waals surface area contributed by atoms with Gasteiger partial charge in [0.15, 0.2) is 0 Å². The fourth-order valence-corrected chi connectivity index (χ4v) is 2.35. The summed E-state index contributed by atoms with van der Waals surface area (Å²) < 4.78 is 0. The van der Waals surface area contributed by atoms with E-state index in [9.17, 15) is 14.4 Å². The van der Waals surface area contributed by atoms with Crippen LogP contribution >= 0.6 is 11.6 Å². The SMILES string of the molecule is C[C@]1(C(=O)NNC(=O)c2ccccc2Cl)CCCNC1=O. The molecule has 21 heavy (non-hydrogen) atoms. The largest absolute Gasteiger partial charge is 0.355 e. The van der Waals surface area contributed by atoms with Crippen molar-refractivity contribution in [3.05, 3.63) is 34.9 Å². The van der Waals surface area contributed by atoms with Crippen molar-refractivity contribution >= 4 is 29.3 Å². The Morgan fingerprint density at radius 2 is 2.00 bits per heavy atom. The fraction of sp³-hybridized carbons (Fsp3) is 0.357. The molecule has 0 aromatic heterocycles. The molecule has 1 aliphatic rings. The number of hydrogen-bond acceptors (Lipinski definition) is 3. The lowest BCUT2D eigenvalue weighted by molar-refractivity contribution is -0.145. The molecule has 1 heterocycles. The van der Waals surface area contributed by atoms with Crippen LogP contribution in [-0.2, 0) is 9.59 Å². The summed E-state index contributed by atoms with van der Waals surface area (Å²) in [7, 11) is 0. The molecule has 112 valence electrons. The van der Waals surface area contributed by atoms with Crippen molar-refractivity contribution < 1.29 is 14.4 Å². The quantitative estimate of drug-likeness (QED) is 0.563. The average Bonchev–Trinajstić information content (AvgIpc) is 2.48. The standard InChI is InChI=1S/C14H16ClN3O3/c1-14(7-4-8-16-12(14)20)13(21)18-17-11(19)9-5-2-3-6-10(9)15/h2-3,5-6H,4,7-8H2,1H3,(H,16,20)(H,17,19)(H,18,21)/t14-/m0/s1. The van der Waals surface area contributed by atoms with Crippen LogP contribution in [0.4, 0.5) is 0 Å². The highest BCUT2D eigenvalue weighted by atomic mass is 35.5. The lowest BCUT2D eigenvalue weighted by Gasteiger charge is -2.30. The Morgan fingerprint density at radius 3 is 2.67 bits per heavy atom. The van der Waals surface area contributed by atoms with Gasteiger partial charge in [0.1, 0.15) is 5.41 Å². The van der Waals surface area contributed by atoms with Crippen LogP contribution in [0.15, 0.2) is 24.3 Å². The average molecular weight is 310 g/mol. The number of hydrazine groups is 1. The third-order valence-electron chi connectivity index (χ3n) is 3.55. The second-order valence-electron chi connectivity index (χ2n) is 5.08. The lowest BCUT2D eigenvalue weighted by Crippen LogP contribution is -2.56. The molecular formula is C14H16ClN3O3. The number of hydrogen-bond donors (Lipinski definition) is 3. The maximum atomic E-state index is 12.1. The monoisotopic (exact) mass is 309 g/mol. The summed E-state index contributed by atoms with van der Waals surface area (Å²) in [5.74, 6) is -1.41. The second kappa shape index (κ2) is 6.13. The zero-order chi connectivity index (χ0) is 15.5. The summed E-state index contributed by atoms with van der Waals surface area (Å²) in [5.41, 5.74) is 3.64. The minimum absolute atomic E-state index is 0.248. The molecule has 1 aromatic carbocycles. The molecule has 1 saturated heterocycles. The van der Waals surface area contributed by atoms with E-state index in [1.165, 1.54) is 0 Å². The highest BCUT2D eigenvalue weighted by Crippen LogP contribution is 2.26. The van der Waals surface area contributed by atoms with E-state index in [0.717, 1.165) is 0 Å². The molecule has 0 aliphatic carbocycles. The molecule has 1 aliphatic heterocycles. The highest BCUT2D eigenvalue weighted by Gasteiger charge is 2.42. The smallest absolute Gasteiger partial charge is 0.271 e. The third-order valence-corrected chi connectivity index (χ3v) is 3.88. The van der Waals surface area contributed by atoms with E-state index in [-0.39, 0.29) is 16.5 Å². The van der Waals surface area contributed by atoms with Crippen molar-refractivity contribution in [2.45, 2.75) is 19.8 Å². The molecule has 2 rings (SSSR count). The molecule has 0 bridgehead atoms. The second-order valence-corrected chi connectivity index (χ2v) is 5.49. The maximum Gasteiger partial charge on any atom is 0.271 e. The molecule has 3 N–H and O–H groups in total. The van der Waals surface area contributed by atoms with E-state index in [1.807, 2.05) is 0 Å². The first kappa shape index (κ1) is 15.3. The maximum absolute atomic E-state index is 12.1. The number of carbonyl (C=O) groups is 3. The van der Waals surface area contributed by atoms with Gasteiger partial charge in [0.2, 0.25) is 5.91 Å². The number of nitrogens with one attached hydrogen (secondary N) is 3. The van der Waals surface area contributed by atoms with Crippen LogP contribution in [0.1, 0.15) is 30.1 Å². The van der Waals surface area contributed by atoms with Crippen LogP contribution in [0.25, 0.3) is 0 Å². The molecule has 3 amide bonds. The summed E-state index contributed by atoms with van der Waals surface area (Å²) in [6, 6.07) is 6.48. The van der Waals surface area contributed by atoms with Gasteiger partial charge in [-0.2, -0.15) is 0 Å². The molecule has 0 radical (unpaired) electrons. The minimum atomic E-state index is -1.17. The van der Waals surface area contributed by atoms with E-state index in [2.05, 4.69) is 16.2 Å². The molecule has 0 saturated carbocycles. The molecule has 0 spiro atoms. The predicted octanol–water partition coefficient (Wildman–Crippen LogP) is 1.02. The Balaban J connectivity index is 1.99. The van der Waals surface area contributed by atoms with Crippen LogP contribution in [0, 0.1) is 5.41 Å². The normalized spacial score (nSPS) is 21.3. The molecule has 6 nitrogen and oxygen atoms in total. The van der Waals surface area contributed by atoms with Crippen molar-refractivity contribution in [3.8, 4) is 0 Å². The molecule has 1 atom stereocenters. The summed E-state index contributed by atoms with van der Waals surface area (Å²) in [6.45, 7) is 2.12. The van der Waals surface area contributed by atoms with Crippen LogP contribution in [0.2, 0.25) is 5.02 Å². The fourth-order valence-electron chi connectivity index (χ4n) is 2.13. The third kappa shape index (κ3) is 3.16. The zero-order valence-electron chi connectivity index (χ0n) is 11.5. The number of amides is 3. The Kier molecular flexibility index (Phi) is 4.47. The summed E-state index contributed by atoms with van der Waals surface area (Å²) in [4.78, 5) is 35.9. The Bertz CT molecular complexity index is 591. The van der Waals surface area contributed by atoms with Crippen LogP contribution in [-0.4, -0.2) is 24.3 Å². The van der Waals surface area contributed by atoms with Gasteiger partial charge in [-0.15, -0.1) is 0 Å². The van der Waals surface area contributed by atoms with Gasteiger partial charge in [0.25, 0.3) is 11.8 Å². The number of halogens is 1. The van der Waals surface area contributed by atoms with Crippen molar-refractivity contribution in [1.82, 2.24) is 16.2 Å². The van der Waals surface area contributed by atoms with Gasteiger partial charge in [-0.1, -0.05) is 23.7 Å². The first-order chi connectivity index (χ1) is 9.95. The summed E-state index contributed by atoms with van der Waals surface area (Å²) in [5, 5.41) is 2.93. The Morgan fingerprint density at radius 1 is 1.29 bits per heavy atom. The number of benzene rings is 1. The molecule has 0 unspecified atom stereocenters. The predicted molar refractivity (Wildman–Crippen MR) is 77.4 cm³/mol. The van der Waals surface area contributed by atoms with Crippen LogP contribution < -0.4 is 16.2 Å². The van der Waals surface area contributed by atoms with E-state index in [4.69, 9.17) is 11.6 Å². The van der Waals surface area contributed by atoms with E-state index in [0.29, 0.717) is 19.4 Å². The van der Waals surface area contributed by atoms with Crippen LogP contribution in [0.3, 0.4) is 0 Å². The van der Waals surface area contributed by atoms with Crippen molar-refractivity contribution in [3.63, 3.8) is 0 Å². The van der Waals surface area contributed by atoms with Crippen molar-refractivity contribution in [2.24, 2.45) is 5.41 Å². The number of piperidine rings is 1.